The van der Waals surface area contributed by atoms with Crippen molar-refractivity contribution in [3.05, 3.63) is 35.4 Å². The van der Waals surface area contributed by atoms with Gasteiger partial charge in [-0.2, -0.15) is 0 Å². The number of rotatable bonds is 1. The van der Waals surface area contributed by atoms with E-state index in [1.165, 1.54) is 18.1 Å². The van der Waals surface area contributed by atoms with E-state index < -0.39 is 0 Å². The molecule has 0 saturated heterocycles. The molecule has 0 atom stereocenters. The Morgan fingerprint density at radius 1 is 1.29 bits per heavy atom. The third-order valence-electron chi connectivity index (χ3n) is 1.88. The van der Waals surface area contributed by atoms with Crippen LogP contribution in [0.2, 0.25) is 0 Å². The molecule has 1 aromatic rings. The molecule has 1 N–H and O–H groups in total. The van der Waals surface area contributed by atoms with Crippen molar-refractivity contribution in [3.63, 3.8) is 0 Å². The van der Waals surface area contributed by atoms with E-state index in [2.05, 4.69) is 43.4 Å². The molecule has 0 aliphatic carbocycles. The standard InChI is InChI=1S/C9H12.C3H7NO/c1-3-9-6-4-8(2)5-7-9;1-3(5)4-2/h4-7H,3H2,1-2H3;1-2H3,(H,4,5). The second-order valence-electron chi connectivity index (χ2n) is 3.15. The van der Waals surface area contributed by atoms with Crippen molar-refractivity contribution in [3.8, 4) is 0 Å². The largest absolute Gasteiger partial charge is 0.359 e. The Morgan fingerprint density at radius 2 is 1.71 bits per heavy atom. The van der Waals surface area contributed by atoms with Gasteiger partial charge >= 0.3 is 0 Å². The first-order chi connectivity index (χ1) is 6.60. The summed E-state index contributed by atoms with van der Waals surface area (Å²) in [6.45, 7) is 5.75. The number of carbonyl (C=O) groups excluding carboxylic acids is 1. The smallest absolute Gasteiger partial charge is 0.216 e. The van der Waals surface area contributed by atoms with Crippen LogP contribution in [0.3, 0.4) is 0 Å². The predicted molar refractivity (Wildman–Crippen MR) is 60.3 cm³/mol. The molecule has 0 aromatic heterocycles. The molecule has 0 fully saturated rings. The van der Waals surface area contributed by atoms with Gasteiger partial charge in [0.25, 0.3) is 0 Å². The van der Waals surface area contributed by atoms with Crippen molar-refractivity contribution in [2.75, 3.05) is 7.05 Å². The van der Waals surface area contributed by atoms with E-state index in [0.717, 1.165) is 6.42 Å². The summed E-state index contributed by atoms with van der Waals surface area (Å²) in [4.78, 5) is 9.70. The van der Waals surface area contributed by atoms with E-state index >= 15 is 0 Å². The number of nitrogens with one attached hydrogen (secondary N) is 1. The molecule has 2 nitrogen and oxygen atoms in total. The predicted octanol–water partition coefficient (Wildman–Crippen LogP) is 2.31. The highest BCUT2D eigenvalue weighted by molar-refractivity contribution is 5.72. The fourth-order valence-electron chi connectivity index (χ4n) is 0.824. The van der Waals surface area contributed by atoms with Gasteiger partial charge in [-0.15, -0.1) is 0 Å². The van der Waals surface area contributed by atoms with Gasteiger partial charge in [0.2, 0.25) is 5.91 Å². The van der Waals surface area contributed by atoms with Gasteiger partial charge in [-0.1, -0.05) is 36.8 Å². The highest BCUT2D eigenvalue weighted by Gasteiger charge is 1.84. The average Bonchev–Trinajstić information content (AvgIpc) is 2.20. The zero-order valence-corrected chi connectivity index (χ0v) is 9.42. The fourth-order valence-corrected chi connectivity index (χ4v) is 0.824. The molecule has 0 unspecified atom stereocenters. The molecule has 0 saturated carbocycles. The molecule has 1 aromatic carbocycles. The van der Waals surface area contributed by atoms with Crippen LogP contribution in [0.4, 0.5) is 0 Å². The van der Waals surface area contributed by atoms with Crippen LogP contribution in [0.15, 0.2) is 24.3 Å². The van der Waals surface area contributed by atoms with Crippen molar-refractivity contribution in [1.29, 1.82) is 0 Å². The van der Waals surface area contributed by atoms with Crippen LogP contribution in [0, 0.1) is 6.92 Å². The molecular weight excluding hydrogens is 174 g/mol. The molecule has 2 heteroatoms. The maximum atomic E-state index is 9.70. The van der Waals surface area contributed by atoms with E-state index in [1.54, 1.807) is 7.05 Å². The fraction of sp³-hybridized carbons (Fsp3) is 0.417. The maximum absolute atomic E-state index is 9.70. The quantitative estimate of drug-likeness (QED) is 0.728. The number of carbonyl (C=O) groups is 1. The zero-order chi connectivity index (χ0) is 11.0. The van der Waals surface area contributed by atoms with Crippen molar-refractivity contribution in [2.45, 2.75) is 27.2 Å². The molecular formula is C12H19NO. The molecule has 1 rings (SSSR count). The van der Waals surface area contributed by atoms with Crippen LogP contribution in [-0.4, -0.2) is 13.0 Å². The van der Waals surface area contributed by atoms with Crippen LogP contribution in [0.25, 0.3) is 0 Å². The van der Waals surface area contributed by atoms with E-state index in [1.807, 2.05) is 0 Å². The first-order valence-corrected chi connectivity index (χ1v) is 4.84. The zero-order valence-electron chi connectivity index (χ0n) is 9.42. The Balaban J connectivity index is 0.000000292. The van der Waals surface area contributed by atoms with Gasteiger partial charge in [0, 0.05) is 14.0 Å². The van der Waals surface area contributed by atoms with Crippen molar-refractivity contribution in [2.24, 2.45) is 0 Å². The summed E-state index contributed by atoms with van der Waals surface area (Å²) in [5.41, 5.74) is 2.76. The Morgan fingerprint density at radius 3 is 2.00 bits per heavy atom. The monoisotopic (exact) mass is 193 g/mol. The minimum atomic E-state index is 0.00463. The molecule has 14 heavy (non-hydrogen) atoms. The highest BCUT2D eigenvalue weighted by atomic mass is 16.1. The number of hydrogen-bond acceptors (Lipinski definition) is 1. The summed E-state index contributed by atoms with van der Waals surface area (Å²) >= 11 is 0. The van der Waals surface area contributed by atoms with Gasteiger partial charge in [0.05, 0.1) is 0 Å². The molecule has 0 heterocycles. The number of amides is 1. The van der Waals surface area contributed by atoms with Gasteiger partial charge in [-0.25, -0.2) is 0 Å². The first kappa shape index (κ1) is 12.7. The van der Waals surface area contributed by atoms with Crippen molar-refractivity contribution >= 4 is 5.91 Å². The second kappa shape index (κ2) is 7.13. The molecule has 78 valence electrons. The number of aryl methyl sites for hydroxylation is 2. The van der Waals surface area contributed by atoms with E-state index in [4.69, 9.17) is 0 Å². The Labute approximate surface area is 86.3 Å². The second-order valence-corrected chi connectivity index (χ2v) is 3.15. The Kier molecular flexibility index (Phi) is 6.46. The van der Waals surface area contributed by atoms with E-state index in [9.17, 15) is 4.79 Å². The van der Waals surface area contributed by atoms with Gasteiger partial charge in [-0.05, 0) is 18.9 Å². The molecule has 1 amide bonds. The summed E-state index contributed by atoms with van der Waals surface area (Å²) in [6, 6.07) is 8.66. The van der Waals surface area contributed by atoms with Crippen LogP contribution < -0.4 is 5.32 Å². The Bertz CT molecular complexity index is 264. The summed E-state index contributed by atoms with van der Waals surface area (Å²) < 4.78 is 0. The summed E-state index contributed by atoms with van der Waals surface area (Å²) in [5.74, 6) is 0.00463. The number of benzene rings is 1. The first-order valence-electron chi connectivity index (χ1n) is 4.84. The SMILES string of the molecule is CCc1ccc(C)cc1.CNC(C)=O. The average molecular weight is 193 g/mol. The molecule has 0 bridgehead atoms. The lowest BCUT2D eigenvalue weighted by atomic mass is 10.1. The lowest BCUT2D eigenvalue weighted by Gasteiger charge is -1.94. The summed E-state index contributed by atoms with van der Waals surface area (Å²) in [7, 11) is 1.60. The minimum absolute atomic E-state index is 0.00463. The van der Waals surface area contributed by atoms with Gasteiger partial charge in [0.15, 0.2) is 0 Å². The summed E-state index contributed by atoms with van der Waals surface area (Å²) in [6.07, 6.45) is 1.14. The van der Waals surface area contributed by atoms with Crippen LogP contribution >= 0.6 is 0 Å². The number of hydrogen-bond donors (Lipinski definition) is 1. The van der Waals surface area contributed by atoms with Gasteiger partial charge in [0.1, 0.15) is 0 Å². The summed E-state index contributed by atoms with van der Waals surface area (Å²) in [5, 5.41) is 2.39. The minimum Gasteiger partial charge on any atom is -0.359 e. The highest BCUT2D eigenvalue weighted by Crippen LogP contribution is 2.02. The molecule has 0 spiro atoms. The normalized spacial score (nSPS) is 8.57. The third kappa shape index (κ3) is 6.23. The lowest BCUT2D eigenvalue weighted by Crippen LogP contribution is -2.11. The van der Waals surface area contributed by atoms with Gasteiger partial charge in [-0.3, -0.25) is 4.79 Å². The van der Waals surface area contributed by atoms with Crippen molar-refractivity contribution in [1.82, 2.24) is 5.32 Å². The molecule has 0 aliphatic rings. The molecule has 0 aliphatic heterocycles. The van der Waals surface area contributed by atoms with E-state index in [-0.39, 0.29) is 5.91 Å². The maximum Gasteiger partial charge on any atom is 0.216 e. The third-order valence-corrected chi connectivity index (χ3v) is 1.88. The van der Waals surface area contributed by atoms with Crippen molar-refractivity contribution < 1.29 is 4.79 Å². The molecule has 0 radical (unpaired) electrons. The van der Waals surface area contributed by atoms with Crippen LogP contribution in [0.5, 0.6) is 0 Å². The topological polar surface area (TPSA) is 29.1 Å². The lowest BCUT2D eigenvalue weighted by molar-refractivity contribution is -0.118. The van der Waals surface area contributed by atoms with Gasteiger partial charge < -0.3 is 5.32 Å². The Hall–Kier alpha value is -1.31. The van der Waals surface area contributed by atoms with E-state index in [0.29, 0.717) is 0 Å². The van der Waals surface area contributed by atoms with Crippen LogP contribution in [-0.2, 0) is 11.2 Å². The van der Waals surface area contributed by atoms with Crippen LogP contribution in [0.1, 0.15) is 25.0 Å².